The van der Waals surface area contributed by atoms with Gasteiger partial charge in [-0.25, -0.2) is 4.39 Å². The van der Waals surface area contributed by atoms with Gasteiger partial charge in [-0.1, -0.05) is 13.8 Å². The summed E-state index contributed by atoms with van der Waals surface area (Å²) in [4.78, 5) is 11.6. The van der Waals surface area contributed by atoms with Gasteiger partial charge in [-0.2, -0.15) is 13.2 Å². The third-order valence-corrected chi connectivity index (χ3v) is 6.52. The third kappa shape index (κ3) is 3.15. The molecule has 1 heterocycles. The molecular formula is C24H23F4NO3. The minimum Gasteiger partial charge on any atom is -0.508 e. The van der Waals surface area contributed by atoms with Crippen LogP contribution in [0.1, 0.15) is 55.3 Å². The first kappa shape index (κ1) is 22.2. The number of phenols is 1. The zero-order valence-electron chi connectivity index (χ0n) is 17.8. The van der Waals surface area contributed by atoms with Crippen molar-refractivity contribution in [3.63, 3.8) is 0 Å². The first-order valence-electron chi connectivity index (χ1n) is 10.3. The Morgan fingerprint density at radius 2 is 1.81 bits per heavy atom. The molecule has 8 heteroatoms. The quantitative estimate of drug-likeness (QED) is 0.452. The third-order valence-electron chi connectivity index (χ3n) is 6.52. The van der Waals surface area contributed by atoms with Crippen molar-refractivity contribution < 1.29 is 32.6 Å². The molecule has 1 aromatic heterocycles. The van der Waals surface area contributed by atoms with Crippen LogP contribution in [0.4, 0.5) is 17.6 Å². The number of alkyl halides is 3. The van der Waals surface area contributed by atoms with Crippen molar-refractivity contribution >= 4 is 16.9 Å². The molecule has 0 amide bonds. The Morgan fingerprint density at radius 3 is 2.34 bits per heavy atom. The zero-order chi connectivity index (χ0) is 23.6. The summed E-state index contributed by atoms with van der Waals surface area (Å²) in [6, 6.07) is 9.26. The number of rotatable bonds is 4. The number of aromatic hydroxyl groups is 1. The molecular weight excluding hydrogens is 426 g/mol. The average molecular weight is 449 g/mol. The molecule has 2 aromatic carbocycles. The van der Waals surface area contributed by atoms with Gasteiger partial charge in [-0.05, 0) is 79.1 Å². The standard InChI is InChI=1S/C24H23F4NO3/c1-12(2)21-20(14-10-23(11-14,22(31)32)24(26,27)28)17-9-16(30)5-7-19(17)29(21)15-4-6-18(25)13(3)8-15/h4-9,12,14,30H,10-11H2,1-3H3,(H,31,32). The average Bonchev–Trinajstić information content (AvgIpc) is 2.96. The maximum Gasteiger partial charge on any atom is 0.404 e. The molecule has 2 N–H and O–H groups in total. The molecule has 4 rings (SSSR count). The van der Waals surface area contributed by atoms with E-state index in [1.807, 2.05) is 18.4 Å². The number of nitrogens with zero attached hydrogens (tertiary/aromatic N) is 1. The molecule has 0 atom stereocenters. The number of halogens is 4. The molecule has 0 unspecified atom stereocenters. The molecule has 0 radical (unpaired) electrons. The van der Waals surface area contributed by atoms with Gasteiger partial charge in [0.05, 0.1) is 5.52 Å². The molecule has 1 saturated carbocycles. The summed E-state index contributed by atoms with van der Waals surface area (Å²) in [5.41, 5.74) is 0.284. The van der Waals surface area contributed by atoms with Gasteiger partial charge in [0.15, 0.2) is 5.41 Å². The summed E-state index contributed by atoms with van der Waals surface area (Å²) in [6.07, 6.45) is -5.99. The van der Waals surface area contributed by atoms with E-state index in [2.05, 4.69) is 0 Å². The van der Waals surface area contributed by atoms with Gasteiger partial charge < -0.3 is 14.8 Å². The lowest BCUT2D eigenvalue weighted by molar-refractivity contribution is -0.256. The van der Waals surface area contributed by atoms with E-state index in [9.17, 15) is 32.6 Å². The number of aromatic nitrogens is 1. The van der Waals surface area contributed by atoms with E-state index in [4.69, 9.17) is 0 Å². The van der Waals surface area contributed by atoms with Crippen molar-refractivity contribution in [2.75, 3.05) is 0 Å². The van der Waals surface area contributed by atoms with Crippen LogP contribution in [0, 0.1) is 18.2 Å². The summed E-state index contributed by atoms with van der Waals surface area (Å²) < 4.78 is 56.6. The molecule has 3 aromatic rings. The predicted octanol–water partition coefficient (Wildman–Crippen LogP) is 6.42. The first-order chi connectivity index (χ1) is 14.9. The Kier molecular flexibility index (Phi) is 5.02. The molecule has 0 saturated heterocycles. The minimum absolute atomic E-state index is 0.0406. The van der Waals surface area contributed by atoms with E-state index < -0.39 is 36.3 Å². The lowest BCUT2D eigenvalue weighted by atomic mass is 9.58. The van der Waals surface area contributed by atoms with E-state index in [-0.39, 0.29) is 17.5 Å². The van der Waals surface area contributed by atoms with Gasteiger partial charge in [-0.3, -0.25) is 4.79 Å². The first-order valence-corrected chi connectivity index (χ1v) is 10.3. The number of aryl methyl sites for hydroxylation is 1. The van der Waals surface area contributed by atoms with Crippen molar-refractivity contribution in [2.45, 2.75) is 51.6 Å². The van der Waals surface area contributed by atoms with Crippen LogP contribution in [-0.2, 0) is 4.79 Å². The van der Waals surface area contributed by atoms with Crippen molar-refractivity contribution in [1.29, 1.82) is 0 Å². The van der Waals surface area contributed by atoms with E-state index >= 15 is 0 Å². The number of hydrogen-bond donors (Lipinski definition) is 2. The maximum absolute atomic E-state index is 13.9. The van der Waals surface area contributed by atoms with Crippen molar-refractivity contribution in [3.05, 3.63) is 59.0 Å². The second-order valence-electron chi connectivity index (χ2n) is 8.91. The molecule has 0 spiro atoms. The summed E-state index contributed by atoms with van der Waals surface area (Å²) >= 11 is 0. The maximum atomic E-state index is 13.9. The highest BCUT2D eigenvalue weighted by molar-refractivity contribution is 5.90. The molecule has 0 bridgehead atoms. The van der Waals surface area contributed by atoms with Crippen LogP contribution in [0.3, 0.4) is 0 Å². The molecule has 170 valence electrons. The number of carboxylic acid groups (broad SMARTS) is 1. The van der Waals surface area contributed by atoms with Crippen LogP contribution in [0.25, 0.3) is 16.6 Å². The number of phenolic OH excluding ortho intramolecular Hbond substituents is 1. The largest absolute Gasteiger partial charge is 0.508 e. The van der Waals surface area contributed by atoms with Gasteiger partial charge in [0.25, 0.3) is 0 Å². The van der Waals surface area contributed by atoms with Crippen LogP contribution in [0.5, 0.6) is 5.75 Å². The van der Waals surface area contributed by atoms with Gasteiger partial charge in [-0.15, -0.1) is 0 Å². The van der Waals surface area contributed by atoms with Crippen LogP contribution in [0.2, 0.25) is 0 Å². The Labute approximate surface area is 182 Å². The normalized spacial score (nSPS) is 21.2. The lowest BCUT2D eigenvalue weighted by Crippen LogP contribution is -2.53. The minimum atomic E-state index is -4.86. The second-order valence-corrected chi connectivity index (χ2v) is 8.91. The lowest BCUT2D eigenvalue weighted by Gasteiger charge is -2.45. The van der Waals surface area contributed by atoms with Gasteiger partial charge in [0.1, 0.15) is 11.6 Å². The SMILES string of the molecule is Cc1cc(-n2c(C(C)C)c(C3CC(C(=O)O)(C(F)(F)F)C3)c3cc(O)ccc32)ccc1F. The highest BCUT2D eigenvalue weighted by Crippen LogP contribution is 2.61. The Morgan fingerprint density at radius 1 is 1.16 bits per heavy atom. The Balaban J connectivity index is 1.96. The van der Waals surface area contributed by atoms with Crippen LogP contribution in [0.15, 0.2) is 36.4 Å². The smallest absolute Gasteiger partial charge is 0.404 e. The zero-order valence-corrected chi connectivity index (χ0v) is 17.8. The van der Waals surface area contributed by atoms with Gasteiger partial charge in [0, 0.05) is 16.8 Å². The number of benzene rings is 2. The van der Waals surface area contributed by atoms with E-state index in [1.54, 1.807) is 25.1 Å². The molecule has 1 fully saturated rings. The number of carboxylic acids is 1. The molecule has 1 aliphatic carbocycles. The monoisotopic (exact) mass is 449 g/mol. The highest BCUT2D eigenvalue weighted by atomic mass is 19.4. The number of aliphatic carboxylic acids is 1. The fourth-order valence-corrected chi connectivity index (χ4v) is 4.88. The summed E-state index contributed by atoms with van der Waals surface area (Å²) in [6.45, 7) is 5.43. The summed E-state index contributed by atoms with van der Waals surface area (Å²) in [5.74, 6) is -3.05. The van der Waals surface area contributed by atoms with Crippen LogP contribution < -0.4 is 0 Å². The van der Waals surface area contributed by atoms with Gasteiger partial charge >= 0.3 is 12.1 Å². The van der Waals surface area contributed by atoms with Crippen molar-refractivity contribution in [2.24, 2.45) is 5.41 Å². The number of hydrogen-bond acceptors (Lipinski definition) is 2. The summed E-state index contributed by atoms with van der Waals surface area (Å²) in [5, 5.41) is 20.0. The fraction of sp³-hybridized carbons (Fsp3) is 0.375. The Bertz CT molecular complexity index is 1220. The molecule has 32 heavy (non-hydrogen) atoms. The topological polar surface area (TPSA) is 62.5 Å². The van der Waals surface area contributed by atoms with E-state index in [0.29, 0.717) is 27.7 Å². The fourth-order valence-electron chi connectivity index (χ4n) is 4.88. The van der Waals surface area contributed by atoms with E-state index in [1.165, 1.54) is 18.2 Å². The Hall–Kier alpha value is -3.03. The van der Waals surface area contributed by atoms with Crippen molar-refractivity contribution in [3.8, 4) is 11.4 Å². The molecule has 1 aliphatic rings. The molecule has 4 nitrogen and oxygen atoms in total. The summed E-state index contributed by atoms with van der Waals surface area (Å²) in [7, 11) is 0. The van der Waals surface area contributed by atoms with Gasteiger partial charge in [0.2, 0.25) is 0 Å². The molecule has 0 aliphatic heterocycles. The van der Waals surface area contributed by atoms with Crippen LogP contribution >= 0.6 is 0 Å². The number of fused-ring (bicyclic) bond motifs is 1. The highest BCUT2D eigenvalue weighted by Gasteiger charge is 2.67. The van der Waals surface area contributed by atoms with E-state index in [0.717, 1.165) is 5.69 Å². The number of carbonyl (C=O) groups is 1. The van der Waals surface area contributed by atoms with Crippen molar-refractivity contribution in [1.82, 2.24) is 4.57 Å². The predicted molar refractivity (Wildman–Crippen MR) is 112 cm³/mol. The second kappa shape index (κ2) is 7.25. The van der Waals surface area contributed by atoms with Crippen LogP contribution in [-0.4, -0.2) is 26.9 Å².